The molecule has 26 heavy (non-hydrogen) atoms. The van der Waals surface area contributed by atoms with Crippen LogP contribution < -0.4 is 5.32 Å². The predicted octanol–water partition coefficient (Wildman–Crippen LogP) is 1.76. The van der Waals surface area contributed by atoms with Gasteiger partial charge in [-0.05, 0) is 57.8 Å². The lowest BCUT2D eigenvalue weighted by Gasteiger charge is -2.37. The number of likely N-dealkylation sites (tertiary alicyclic amines) is 2. The third-order valence-corrected chi connectivity index (χ3v) is 6.24. The van der Waals surface area contributed by atoms with Crippen LogP contribution in [-0.4, -0.2) is 71.1 Å². The number of aromatic nitrogens is 2. The van der Waals surface area contributed by atoms with E-state index in [4.69, 9.17) is 0 Å². The van der Waals surface area contributed by atoms with E-state index in [1.54, 1.807) is 0 Å². The SMILES string of the molecule is CCCN1CC2(CCN(C)CC2)C[C@H]1C(=O)NCCn1ccnc1CC. The Morgan fingerprint density at radius 1 is 1.31 bits per heavy atom. The Balaban J connectivity index is 1.56. The maximum Gasteiger partial charge on any atom is 0.237 e. The summed E-state index contributed by atoms with van der Waals surface area (Å²) in [7, 11) is 2.20. The highest BCUT2D eigenvalue weighted by Gasteiger charge is 2.47. The van der Waals surface area contributed by atoms with Gasteiger partial charge in [-0.15, -0.1) is 0 Å². The van der Waals surface area contributed by atoms with Crippen molar-refractivity contribution in [3.63, 3.8) is 0 Å². The fourth-order valence-electron chi connectivity index (χ4n) is 4.66. The quantitative estimate of drug-likeness (QED) is 0.804. The van der Waals surface area contributed by atoms with Gasteiger partial charge in [0.2, 0.25) is 5.91 Å². The van der Waals surface area contributed by atoms with E-state index in [2.05, 4.69) is 45.6 Å². The second-order valence-corrected chi connectivity index (χ2v) is 8.18. The lowest BCUT2D eigenvalue weighted by Crippen LogP contribution is -2.44. The molecule has 0 unspecified atom stereocenters. The molecule has 0 aliphatic carbocycles. The molecule has 1 amide bonds. The number of rotatable bonds is 7. The van der Waals surface area contributed by atoms with E-state index in [1.807, 2.05) is 12.4 Å². The minimum atomic E-state index is 0.0480. The molecule has 1 aromatic rings. The van der Waals surface area contributed by atoms with Crippen LogP contribution in [0.15, 0.2) is 12.4 Å². The number of hydrogen-bond donors (Lipinski definition) is 1. The summed E-state index contributed by atoms with van der Waals surface area (Å²) in [6.07, 6.45) is 9.34. The lowest BCUT2D eigenvalue weighted by molar-refractivity contribution is -0.125. The van der Waals surface area contributed by atoms with E-state index in [1.165, 1.54) is 12.8 Å². The Bertz CT molecular complexity index is 591. The molecular weight excluding hydrogens is 326 g/mol. The molecule has 3 heterocycles. The van der Waals surface area contributed by atoms with Gasteiger partial charge in [-0.2, -0.15) is 0 Å². The Kier molecular flexibility index (Phi) is 6.35. The molecule has 0 saturated carbocycles. The molecule has 1 spiro atoms. The van der Waals surface area contributed by atoms with Crippen molar-refractivity contribution >= 4 is 5.91 Å². The van der Waals surface area contributed by atoms with Crippen molar-refractivity contribution in [2.75, 3.05) is 39.8 Å². The summed E-state index contributed by atoms with van der Waals surface area (Å²) < 4.78 is 2.14. The summed E-state index contributed by atoms with van der Waals surface area (Å²) in [5.74, 6) is 1.30. The minimum absolute atomic E-state index is 0.0480. The number of piperidine rings is 1. The molecule has 1 aromatic heterocycles. The van der Waals surface area contributed by atoms with Gasteiger partial charge in [0.15, 0.2) is 0 Å². The molecule has 2 saturated heterocycles. The number of amides is 1. The standard InChI is InChI=1S/C20H35N5O/c1-4-10-25-16-20(6-11-23(3)12-7-20)15-17(25)19(26)22-9-14-24-13-8-21-18(24)5-2/h8,13,17H,4-7,9-12,14-16H2,1-3H3,(H,22,26)/t17-/m0/s1. The van der Waals surface area contributed by atoms with Gasteiger partial charge in [-0.25, -0.2) is 4.98 Å². The first-order valence-corrected chi connectivity index (χ1v) is 10.3. The van der Waals surface area contributed by atoms with Gasteiger partial charge in [0, 0.05) is 38.4 Å². The molecule has 1 atom stereocenters. The predicted molar refractivity (Wildman–Crippen MR) is 104 cm³/mol. The van der Waals surface area contributed by atoms with Gasteiger partial charge >= 0.3 is 0 Å². The summed E-state index contributed by atoms with van der Waals surface area (Å²) in [4.78, 5) is 22.1. The highest BCUT2D eigenvalue weighted by Crippen LogP contribution is 2.43. The Labute approximate surface area is 157 Å². The van der Waals surface area contributed by atoms with Gasteiger partial charge in [0.05, 0.1) is 6.04 Å². The summed E-state index contributed by atoms with van der Waals surface area (Å²) >= 11 is 0. The second kappa shape index (κ2) is 8.53. The number of nitrogens with zero attached hydrogens (tertiary/aromatic N) is 4. The summed E-state index contributed by atoms with van der Waals surface area (Å²) in [6.45, 7) is 10.2. The van der Waals surface area contributed by atoms with E-state index in [0.717, 1.165) is 57.8 Å². The number of aryl methyl sites for hydroxylation is 1. The van der Waals surface area contributed by atoms with E-state index in [-0.39, 0.29) is 11.9 Å². The van der Waals surface area contributed by atoms with Crippen molar-refractivity contribution in [3.05, 3.63) is 18.2 Å². The smallest absolute Gasteiger partial charge is 0.237 e. The third kappa shape index (κ3) is 4.29. The van der Waals surface area contributed by atoms with E-state index in [0.29, 0.717) is 12.0 Å². The summed E-state index contributed by atoms with van der Waals surface area (Å²) in [6, 6.07) is 0.0480. The number of hydrogen-bond acceptors (Lipinski definition) is 4. The highest BCUT2D eigenvalue weighted by atomic mass is 16.2. The van der Waals surface area contributed by atoms with Crippen LogP contribution in [0.4, 0.5) is 0 Å². The van der Waals surface area contributed by atoms with Crippen LogP contribution in [0.3, 0.4) is 0 Å². The van der Waals surface area contributed by atoms with Gasteiger partial charge < -0.3 is 14.8 Å². The van der Waals surface area contributed by atoms with Crippen LogP contribution in [0.2, 0.25) is 0 Å². The summed E-state index contributed by atoms with van der Waals surface area (Å²) in [5.41, 5.74) is 0.351. The van der Waals surface area contributed by atoms with E-state index >= 15 is 0 Å². The normalized spacial score (nSPS) is 23.6. The zero-order chi connectivity index (χ0) is 18.6. The molecule has 3 rings (SSSR count). The first-order chi connectivity index (χ1) is 12.6. The van der Waals surface area contributed by atoms with Crippen molar-refractivity contribution in [1.29, 1.82) is 0 Å². The highest BCUT2D eigenvalue weighted by molar-refractivity contribution is 5.82. The van der Waals surface area contributed by atoms with Gasteiger partial charge in [0.1, 0.15) is 5.82 Å². The number of nitrogens with one attached hydrogen (secondary N) is 1. The van der Waals surface area contributed by atoms with Crippen molar-refractivity contribution in [3.8, 4) is 0 Å². The molecule has 0 aromatic carbocycles. The maximum atomic E-state index is 12.9. The van der Waals surface area contributed by atoms with Crippen LogP contribution in [0, 0.1) is 5.41 Å². The Hall–Kier alpha value is -1.40. The van der Waals surface area contributed by atoms with E-state index < -0.39 is 0 Å². The number of imidazole rings is 1. The molecule has 2 aliphatic rings. The van der Waals surface area contributed by atoms with Crippen molar-refractivity contribution in [2.45, 2.75) is 58.5 Å². The first-order valence-electron chi connectivity index (χ1n) is 10.3. The Morgan fingerprint density at radius 3 is 2.77 bits per heavy atom. The molecule has 6 heteroatoms. The molecule has 2 aliphatic heterocycles. The first kappa shape index (κ1) is 19.4. The maximum absolute atomic E-state index is 12.9. The topological polar surface area (TPSA) is 53.4 Å². The van der Waals surface area contributed by atoms with Crippen LogP contribution in [-0.2, 0) is 17.8 Å². The van der Waals surface area contributed by atoms with Crippen molar-refractivity contribution in [1.82, 2.24) is 24.7 Å². The van der Waals surface area contributed by atoms with Crippen molar-refractivity contribution < 1.29 is 4.79 Å². The molecular formula is C20H35N5O. The van der Waals surface area contributed by atoms with Crippen LogP contribution >= 0.6 is 0 Å². The molecule has 146 valence electrons. The lowest BCUT2D eigenvalue weighted by atomic mass is 9.76. The molecule has 0 radical (unpaired) electrons. The Morgan fingerprint density at radius 2 is 2.08 bits per heavy atom. The molecule has 1 N–H and O–H groups in total. The fourth-order valence-corrected chi connectivity index (χ4v) is 4.66. The van der Waals surface area contributed by atoms with E-state index in [9.17, 15) is 4.79 Å². The molecule has 2 fully saturated rings. The zero-order valence-electron chi connectivity index (χ0n) is 16.7. The average molecular weight is 362 g/mol. The van der Waals surface area contributed by atoms with Crippen LogP contribution in [0.5, 0.6) is 0 Å². The van der Waals surface area contributed by atoms with Gasteiger partial charge in [-0.1, -0.05) is 13.8 Å². The monoisotopic (exact) mass is 361 g/mol. The fraction of sp³-hybridized carbons (Fsp3) is 0.800. The van der Waals surface area contributed by atoms with Gasteiger partial charge in [-0.3, -0.25) is 9.69 Å². The molecule has 6 nitrogen and oxygen atoms in total. The largest absolute Gasteiger partial charge is 0.353 e. The minimum Gasteiger partial charge on any atom is -0.353 e. The molecule has 0 bridgehead atoms. The summed E-state index contributed by atoms with van der Waals surface area (Å²) in [5, 5.41) is 3.19. The van der Waals surface area contributed by atoms with Crippen molar-refractivity contribution in [2.24, 2.45) is 5.41 Å². The number of carbonyl (C=O) groups excluding carboxylic acids is 1. The third-order valence-electron chi connectivity index (χ3n) is 6.24. The average Bonchev–Trinajstić information content (AvgIpc) is 3.23. The van der Waals surface area contributed by atoms with Gasteiger partial charge in [0.25, 0.3) is 0 Å². The number of carbonyl (C=O) groups is 1. The second-order valence-electron chi connectivity index (χ2n) is 8.18. The van der Waals surface area contributed by atoms with Crippen LogP contribution in [0.25, 0.3) is 0 Å². The zero-order valence-corrected chi connectivity index (χ0v) is 16.7. The van der Waals surface area contributed by atoms with Crippen LogP contribution in [0.1, 0.15) is 45.4 Å².